The highest BCUT2D eigenvalue weighted by molar-refractivity contribution is 6.44. The molecule has 1 N–H and O–H groups in total. The molecule has 0 aromatic carbocycles. The highest BCUT2D eigenvalue weighted by Crippen LogP contribution is 1.85. The molecule has 0 aromatic heterocycles. The number of amides is 1. The Bertz CT molecular complexity index is 278. The molecule has 0 aliphatic heterocycles. The number of hydrogen-bond acceptors (Lipinski definition) is 6. The highest BCUT2D eigenvalue weighted by Gasteiger charge is 2.10. The van der Waals surface area contributed by atoms with Gasteiger partial charge in [0.2, 0.25) is 5.71 Å². The molecule has 0 aliphatic rings. The fourth-order valence-electron chi connectivity index (χ4n) is 0.351. The van der Waals surface area contributed by atoms with E-state index in [2.05, 4.69) is 20.0 Å². The average molecular weight is 185 g/mol. The smallest absolute Gasteiger partial charge is 0.436 e. The lowest BCUT2D eigenvalue weighted by Crippen LogP contribution is -2.26. The standard InChI is InChI=1S/C6H7N3O4/c1-8-5(10)4(3-7)9-13-6(11)12-2/h1-2H3,(H,8,10). The predicted molar refractivity (Wildman–Crippen MR) is 40.6 cm³/mol. The zero-order chi connectivity index (χ0) is 10.3. The van der Waals surface area contributed by atoms with Crippen molar-refractivity contribution in [2.45, 2.75) is 0 Å². The first-order valence-electron chi connectivity index (χ1n) is 3.10. The van der Waals surface area contributed by atoms with Crippen LogP contribution >= 0.6 is 0 Å². The van der Waals surface area contributed by atoms with Gasteiger partial charge in [0.1, 0.15) is 6.07 Å². The second-order valence-corrected chi connectivity index (χ2v) is 1.68. The summed E-state index contributed by atoms with van der Waals surface area (Å²) in [5.41, 5.74) is -0.562. The first-order chi connectivity index (χ1) is 6.15. The molecule has 7 heteroatoms. The zero-order valence-corrected chi connectivity index (χ0v) is 7.03. The van der Waals surface area contributed by atoms with Crippen molar-refractivity contribution >= 4 is 17.8 Å². The number of carbonyl (C=O) groups excluding carboxylic acids is 2. The molecule has 0 fully saturated rings. The van der Waals surface area contributed by atoms with Crippen molar-refractivity contribution in [1.29, 1.82) is 5.26 Å². The van der Waals surface area contributed by atoms with Gasteiger partial charge in [0.25, 0.3) is 5.91 Å². The van der Waals surface area contributed by atoms with E-state index in [1.165, 1.54) is 13.1 Å². The van der Waals surface area contributed by atoms with Crippen LogP contribution in [0.2, 0.25) is 0 Å². The molecule has 7 nitrogen and oxygen atoms in total. The van der Waals surface area contributed by atoms with Crippen molar-refractivity contribution in [2.24, 2.45) is 5.16 Å². The molecule has 0 aliphatic carbocycles. The molecule has 0 unspecified atom stereocenters. The number of nitrogens with zero attached hydrogens (tertiary/aromatic N) is 2. The summed E-state index contributed by atoms with van der Waals surface area (Å²) < 4.78 is 4.05. The van der Waals surface area contributed by atoms with Gasteiger partial charge in [0, 0.05) is 7.05 Å². The fraction of sp³-hybridized carbons (Fsp3) is 0.333. The first-order valence-corrected chi connectivity index (χ1v) is 3.10. The number of carbonyl (C=O) groups is 2. The SMILES string of the molecule is CNC(=O)C(C#N)=NOC(=O)OC. The summed E-state index contributed by atoms with van der Waals surface area (Å²) in [6, 6.07) is 1.44. The lowest BCUT2D eigenvalue weighted by atomic mass is 10.4. The first kappa shape index (κ1) is 10.9. The van der Waals surface area contributed by atoms with E-state index in [0.717, 1.165) is 7.11 Å². The van der Waals surface area contributed by atoms with Crippen molar-refractivity contribution in [3.8, 4) is 6.07 Å². The van der Waals surface area contributed by atoms with Crippen LogP contribution in [0.4, 0.5) is 4.79 Å². The third kappa shape index (κ3) is 3.71. The Balaban J connectivity index is 4.34. The normalized spacial score (nSPS) is 9.77. The molecule has 0 bridgehead atoms. The number of hydrogen-bond donors (Lipinski definition) is 1. The Kier molecular flexibility index (Phi) is 4.64. The van der Waals surface area contributed by atoms with E-state index < -0.39 is 17.8 Å². The van der Waals surface area contributed by atoms with Crippen molar-refractivity contribution in [2.75, 3.05) is 14.2 Å². The monoisotopic (exact) mass is 185 g/mol. The lowest BCUT2D eigenvalue weighted by Gasteiger charge is -1.95. The van der Waals surface area contributed by atoms with Crippen LogP contribution in [0.25, 0.3) is 0 Å². The Morgan fingerprint density at radius 2 is 2.15 bits per heavy atom. The van der Waals surface area contributed by atoms with Crippen LogP contribution in [0.3, 0.4) is 0 Å². The highest BCUT2D eigenvalue weighted by atomic mass is 16.8. The van der Waals surface area contributed by atoms with E-state index in [1.54, 1.807) is 0 Å². The number of nitrogens with one attached hydrogen (secondary N) is 1. The summed E-state index contributed by atoms with van der Waals surface area (Å²) in [6.07, 6.45) is -1.10. The summed E-state index contributed by atoms with van der Waals surface area (Å²) in [5.74, 6) is -0.744. The second-order valence-electron chi connectivity index (χ2n) is 1.68. The molecule has 0 saturated carbocycles. The topological polar surface area (TPSA) is 101 Å². The van der Waals surface area contributed by atoms with Gasteiger partial charge in [-0.2, -0.15) is 5.26 Å². The van der Waals surface area contributed by atoms with Crippen LogP contribution < -0.4 is 5.32 Å². The molecule has 0 aromatic rings. The number of rotatable bonds is 2. The molecule has 0 saturated heterocycles. The van der Waals surface area contributed by atoms with Gasteiger partial charge in [0.05, 0.1) is 7.11 Å². The number of nitriles is 1. The molecule has 0 rings (SSSR count). The maximum Gasteiger partial charge on any atom is 0.534 e. The van der Waals surface area contributed by atoms with Gasteiger partial charge >= 0.3 is 6.16 Å². The quantitative estimate of drug-likeness (QED) is 0.268. The molecule has 0 atom stereocenters. The van der Waals surface area contributed by atoms with Gasteiger partial charge in [-0.05, 0) is 0 Å². The average Bonchev–Trinajstić information content (AvgIpc) is 2.17. The Hall–Kier alpha value is -2.10. The third-order valence-electron chi connectivity index (χ3n) is 0.926. The molecule has 0 radical (unpaired) electrons. The van der Waals surface area contributed by atoms with Crippen molar-refractivity contribution in [3.05, 3.63) is 0 Å². The minimum Gasteiger partial charge on any atom is -0.436 e. The second kappa shape index (κ2) is 5.54. The van der Waals surface area contributed by atoms with Crippen molar-refractivity contribution < 1.29 is 19.2 Å². The van der Waals surface area contributed by atoms with E-state index in [4.69, 9.17) is 5.26 Å². The largest absolute Gasteiger partial charge is 0.534 e. The fourth-order valence-corrected chi connectivity index (χ4v) is 0.351. The van der Waals surface area contributed by atoms with Gasteiger partial charge in [-0.25, -0.2) is 4.79 Å². The van der Waals surface area contributed by atoms with Crippen molar-refractivity contribution in [1.82, 2.24) is 5.32 Å². The number of oxime groups is 1. The van der Waals surface area contributed by atoms with E-state index in [1.807, 2.05) is 0 Å². The molecule has 0 spiro atoms. The summed E-state index contributed by atoms with van der Waals surface area (Å²) in [4.78, 5) is 25.1. The molecule has 1 amide bonds. The Morgan fingerprint density at radius 3 is 2.54 bits per heavy atom. The summed E-state index contributed by atoms with van der Waals surface area (Å²) in [6.45, 7) is 0. The van der Waals surface area contributed by atoms with E-state index in [-0.39, 0.29) is 0 Å². The van der Waals surface area contributed by atoms with Crippen LogP contribution in [-0.2, 0) is 14.4 Å². The van der Waals surface area contributed by atoms with Crippen LogP contribution in [0, 0.1) is 11.3 Å². The molecule has 70 valence electrons. The van der Waals surface area contributed by atoms with Gasteiger partial charge in [-0.3, -0.25) is 9.63 Å². The van der Waals surface area contributed by atoms with Crippen LogP contribution in [-0.4, -0.2) is 31.9 Å². The summed E-state index contributed by atoms with van der Waals surface area (Å²) in [7, 11) is 2.39. The minimum absolute atomic E-state index is 0.562. The lowest BCUT2D eigenvalue weighted by molar-refractivity contribution is -0.114. The third-order valence-corrected chi connectivity index (χ3v) is 0.926. The Labute approximate surface area is 73.9 Å². The maximum absolute atomic E-state index is 10.7. The van der Waals surface area contributed by atoms with Gasteiger partial charge < -0.3 is 10.1 Å². The van der Waals surface area contributed by atoms with E-state index in [9.17, 15) is 9.59 Å². The molecule has 0 heterocycles. The Morgan fingerprint density at radius 1 is 1.54 bits per heavy atom. The minimum atomic E-state index is -1.10. The van der Waals surface area contributed by atoms with E-state index >= 15 is 0 Å². The van der Waals surface area contributed by atoms with Crippen molar-refractivity contribution in [3.63, 3.8) is 0 Å². The van der Waals surface area contributed by atoms with Crippen LogP contribution in [0.5, 0.6) is 0 Å². The summed E-state index contributed by atoms with van der Waals surface area (Å²) in [5, 5.41) is 13.4. The number of ether oxygens (including phenoxy) is 1. The van der Waals surface area contributed by atoms with Crippen LogP contribution in [0.15, 0.2) is 5.16 Å². The zero-order valence-electron chi connectivity index (χ0n) is 7.03. The van der Waals surface area contributed by atoms with Crippen LogP contribution in [0.1, 0.15) is 0 Å². The van der Waals surface area contributed by atoms with Gasteiger partial charge in [-0.15, -0.1) is 0 Å². The molecular weight excluding hydrogens is 178 g/mol. The maximum atomic E-state index is 10.7. The van der Waals surface area contributed by atoms with Gasteiger partial charge in [0.15, 0.2) is 0 Å². The number of methoxy groups -OCH3 is 1. The molecule has 13 heavy (non-hydrogen) atoms. The molecular formula is C6H7N3O4. The summed E-state index contributed by atoms with van der Waals surface area (Å²) >= 11 is 0. The van der Waals surface area contributed by atoms with E-state index in [0.29, 0.717) is 0 Å². The van der Waals surface area contributed by atoms with Gasteiger partial charge in [-0.1, -0.05) is 5.16 Å². The predicted octanol–water partition coefficient (Wildman–Crippen LogP) is -0.605.